The van der Waals surface area contributed by atoms with Gasteiger partial charge in [-0.05, 0) is 43.4 Å². The molecule has 3 aromatic rings. The molecule has 126 valence electrons. The van der Waals surface area contributed by atoms with E-state index in [1.807, 2.05) is 37.3 Å². The van der Waals surface area contributed by atoms with E-state index < -0.39 is 0 Å². The lowest BCUT2D eigenvalue weighted by atomic mass is 10.0. The molecule has 1 atom stereocenters. The summed E-state index contributed by atoms with van der Waals surface area (Å²) < 4.78 is 1.40. The van der Waals surface area contributed by atoms with Crippen LogP contribution in [0.15, 0.2) is 59.7 Å². The molecule has 5 nitrogen and oxygen atoms in total. The van der Waals surface area contributed by atoms with Gasteiger partial charge in [-0.25, -0.2) is 4.98 Å². The first-order valence-corrected chi connectivity index (χ1v) is 8.47. The molecule has 1 N–H and O–H groups in total. The van der Waals surface area contributed by atoms with Gasteiger partial charge in [-0.15, -0.1) is 0 Å². The fourth-order valence-corrected chi connectivity index (χ4v) is 3.08. The van der Waals surface area contributed by atoms with E-state index in [1.54, 1.807) is 18.3 Å². The number of nitrogens with one attached hydrogen (secondary N) is 1. The molecular weight excluding hydrogens is 314 g/mol. The molecule has 2 heterocycles. The maximum Gasteiger partial charge on any atom is 0.270 e. The molecular formula is C20H19N3O2. The van der Waals surface area contributed by atoms with Gasteiger partial charge in [0, 0.05) is 12.4 Å². The number of aryl methyl sites for hydroxylation is 1. The first-order valence-electron chi connectivity index (χ1n) is 8.47. The van der Waals surface area contributed by atoms with E-state index in [9.17, 15) is 9.59 Å². The third-order valence-corrected chi connectivity index (χ3v) is 4.67. The summed E-state index contributed by atoms with van der Waals surface area (Å²) in [7, 11) is 0. The third-order valence-electron chi connectivity index (χ3n) is 4.67. The van der Waals surface area contributed by atoms with Crippen molar-refractivity contribution in [3.63, 3.8) is 0 Å². The highest BCUT2D eigenvalue weighted by Gasteiger charge is 2.34. The highest BCUT2D eigenvalue weighted by molar-refractivity contribution is 5.94. The SMILES string of the molecule is Cc1ccc(C(NC(=O)c2cnc3ccccn3c2=O)C2CC2)cc1. The lowest BCUT2D eigenvalue weighted by Gasteiger charge is -2.19. The Bertz CT molecular complexity index is 988. The molecule has 0 bridgehead atoms. The number of hydrogen-bond acceptors (Lipinski definition) is 3. The predicted molar refractivity (Wildman–Crippen MR) is 95.6 cm³/mol. The first kappa shape index (κ1) is 15.6. The Morgan fingerprint density at radius 2 is 1.96 bits per heavy atom. The molecule has 0 spiro atoms. The quantitative estimate of drug-likeness (QED) is 0.798. The lowest BCUT2D eigenvalue weighted by Crippen LogP contribution is -2.35. The Labute approximate surface area is 145 Å². The number of fused-ring (bicyclic) bond motifs is 1. The third kappa shape index (κ3) is 3.05. The van der Waals surface area contributed by atoms with Crippen LogP contribution in [-0.2, 0) is 0 Å². The summed E-state index contributed by atoms with van der Waals surface area (Å²) in [6, 6.07) is 13.4. The van der Waals surface area contributed by atoms with Crippen LogP contribution in [0.1, 0.15) is 40.4 Å². The van der Waals surface area contributed by atoms with Crippen LogP contribution >= 0.6 is 0 Å². The van der Waals surface area contributed by atoms with Crippen LogP contribution in [0, 0.1) is 12.8 Å². The van der Waals surface area contributed by atoms with Crippen LogP contribution < -0.4 is 10.9 Å². The van der Waals surface area contributed by atoms with Crippen LogP contribution in [-0.4, -0.2) is 15.3 Å². The topological polar surface area (TPSA) is 63.5 Å². The predicted octanol–water partition coefficient (Wildman–Crippen LogP) is 2.88. The van der Waals surface area contributed by atoms with E-state index in [4.69, 9.17) is 0 Å². The fourth-order valence-electron chi connectivity index (χ4n) is 3.08. The smallest absolute Gasteiger partial charge is 0.270 e. The van der Waals surface area contributed by atoms with Gasteiger partial charge < -0.3 is 5.32 Å². The normalized spacial score (nSPS) is 15.1. The number of hydrogen-bond donors (Lipinski definition) is 1. The van der Waals surface area contributed by atoms with Crippen LogP contribution in [0.3, 0.4) is 0 Å². The number of carbonyl (C=O) groups excluding carboxylic acids is 1. The number of rotatable bonds is 4. The van der Waals surface area contributed by atoms with Crippen molar-refractivity contribution in [3.05, 3.63) is 81.9 Å². The Hall–Kier alpha value is -2.95. The zero-order chi connectivity index (χ0) is 17.4. The second-order valence-corrected chi connectivity index (χ2v) is 6.61. The summed E-state index contributed by atoms with van der Waals surface area (Å²) in [5, 5.41) is 3.04. The molecule has 4 rings (SSSR count). The van der Waals surface area contributed by atoms with Crippen molar-refractivity contribution in [1.29, 1.82) is 0 Å². The zero-order valence-corrected chi connectivity index (χ0v) is 14.0. The van der Waals surface area contributed by atoms with E-state index in [0.29, 0.717) is 11.6 Å². The summed E-state index contributed by atoms with van der Waals surface area (Å²) in [4.78, 5) is 29.5. The van der Waals surface area contributed by atoms with Gasteiger partial charge in [-0.2, -0.15) is 0 Å². The van der Waals surface area contributed by atoms with Gasteiger partial charge in [-0.3, -0.25) is 14.0 Å². The second kappa shape index (κ2) is 6.16. The molecule has 25 heavy (non-hydrogen) atoms. The van der Waals surface area contributed by atoms with Crippen LogP contribution in [0.25, 0.3) is 5.65 Å². The number of nitrogens with zero attached hydrogens (tertiary/aromatic N) is 2. The number of benzene rings is 1. The van der Waals surface area contributed by atoms with Crippen molar-refractivity contribution in [1.82, 2.24) is 14.7 Å². The minimum atomic E-state index is -0.367. The van der Waals surface area contributed by atoms with E-state index in [0.717, 1.165) is 18.4 Å². The number of amides is 1. The minimum Gasteiger partial charge on any atom is -0.345 e. The van der Waals surface area contributed by atoms with Crippen molar-refractivity contribution >= 4 is 11.6 Å². The number of aromatic nitrogens is 2. The molecule has 1 aliphatic rings. The van der Waals surface area contributed by atoms with Crippen LogP contribution in [0.5, 0.6) is 0 Å². The summed E-state index contributed by atoms with van der Waals surface area (Å²) >= 11 is 0. The molecule has 0 radical (unpaired) electrons. The molecule has 1 aromatic carbocycles. The molecule has 1 unspecified atom stereocenters. The average Bonchev–Trinajstić information content (AvgIpc) is 3.46. The maximum absolute atomic E-state index is 12.7. The Balaban J connectivity index is 1.65. The first-order chi connectivity index (χ1) is 12.1. The van der Waals surface area contributed by atoms with Gasteiger partial charge in [0.25, 0.3) is 11.5 Å². The standard InChI is InChI=1S/C20H19N3O2/c1-13-5-7-14(8-6-13)18(15-9-10-15)22-19(24)16-12-21-17-4-2-3-11-23(17)20(16)25/h2-8,11-12,15,18H,9-10H2,1H3,(H,22,24). The fraction of sp³-hybridized carbons (Fsp3) is 0.250. The van der Waals surface area contributed by atoms with Crippen LogP contribution in [0.2, 0.25) is 0 Å². The highest BCUT2D eigenvalue weighted by atomic mass is 16.2. The van der Waals surface area contributed by atoms with Crippen molar-refractivity contribution in [3.8, 4) is 0 Å². The van der Waals surface area contributed by atoms with Gasteiger partial charge >= 0.3 is 0 Å². The van der Waals surface area contributed by atoms with E-state index in [1.165, 1.54) is 16.2 Å². The van der Waals surface area contributed by atoms with Gasteiger partial charge in [0.15, 0.2) is 0 Å². The Kier molecular flexibility index (Phi) is 3.84. The van der Waals surface area contributed by atoms with Crippen molar-refractivity contribution in [2.75, 3.05) is 0 Å². The van der Waals surface area contributed by atoms with Gasteiger partial charge in [-0.1, -0.05) is 35.9 Å². The molecule has 1 saturated carbocycles. The van der Waals surface area contributed by atoms with Crippen LogP contribution in [0.4, 0.5) is 0 Å². The lowest BCUT2D eigenvalue weighted by molar-refractivity contribution is 0.0929. The molecule has 2 aromatic heterocycles. The van der Waals surface area contributed by atoms with Crippen molar-refractivity contribution in [2.24, 2.45) is 5.92 Å². The van der Waals surface area contributed by atoms with E-state index >= 15 is 0 Å². The average molecular weight is 333 g/mol. The van der Waals surface area contributed by atoms with Gasteiger partial charge in [0.2, 0.25) is 0 Å². The summed E-state index contributed by atoms with van der Waals surface area (Å²) in [5.74, 6) is 0.0658. The minimum absolute atomic E-state index is 0.0658. The second-order valence-electron chi connectivity index (χ2n) is 6.61. The van der Waals surface area contributed by atoms with E-state index in [2.05, 4.69) is 10.3 Å². The maximum atomic E-state index is 12.7. The zero-order valence-electron chi connectivity index (χ0n) is 14.0. The summed E-state index contributed by atoms with van der Waals surface area (Å²) in [5.41, 5.74) is 2.52. The molecule has 1 fully saturated rings. The highest BCUT2D eigenvalue weighted by Crippen LogP contribution is 2.41. The monoisotopic (exact) mass is 333 g/mol. The Morgan fingerprint density at radius 3 is 2.68 bits per heavy atom. The number of pyridine rings is 1. The largest absolute Gasteiger partial charge is 0.345 e. The molecule has 0 aliphatic heterocycles. The van der Waals surface area contributed by atoms with Crippen molar-refractivity contribution < 1.29 is 4.79 Å². The van der Waals surface area contributed by atoms with Gasteiger partial charge in [0.05, 0.1) is 6.04 Å². The summed E-state index contributed by atoms with van der Waals surface area (Å²) in [6.45, 7) is 2.04. The van der Waals surface area contributed by atoms with Gasteiger partial charge in [0.1, 0.15) is 11.2 Å². The van der Waals surface area contributed by atoms with E-state index in [-0.39, 0.29) is 23.1 Å². The van der Waals surface area contributed by atoms with Crippen molar-refractivity contribution in [2.45, 2.75) is 25.8 Å². The summed E-state index contributed by atoms with van der Waals surface area (Å²) in [6.07, 6.45) is 5.17. The molecule has 1 amide bonds. The molecule has 5 heteroatoms. The molecule has 0 saturated heterocycles. The Morgan fingerprint density at radius 1 is 1.20 bits per heavy atom. The number of carbonyl (C=O) groups is 1. The molecule has 1 aliphatic carbocycles.